The molecule has 2 N–H and O–H groups in total. The summed E-state index contributed by atoms with van der Waals surface area (Å²) in [7, 11) is 0. The van der Waals surface area contributed by atoms with E-state index in [1.165, 1.54) is 5.57 Å². The maximum Gasteiger partial charge on any atom is 0.240 e. The molecule has 23 heavy (non-hydrogen) atoms. The molecule has 0 aromatic heterocycles. The number of primary amides is 1. The number of anilines is 1. The Bertz CT molecular complexity index is 701. The minimum atomic E-state index is -0.566. The van der Waals surface area contributed by atoms with E-state index in [2.05, 4.69) is 19.9 Å². The molecule has 122 valence electrons. The van der Waals surface area contributed by atoms with E-state index in [0.29, 0.717) is 6.42 Å². The highest BCUT2D eigenvalue weighted by Gasteiger charge is 2.62. The van der Waals surface area contributed by atoms with E-state index in [0.717, 1.165) is 11.3 Å². The number of benzene rings is 1. The highest BCUT2D eigenvalue weighted by Crippen LogP contribution is 2.60. The first-order valence-electron chi connectivity index (χ1n) is 8.10. The third kappa shape index (κ3) is 2.46. The maximum atomic E-state index is 13.2. The lowest BCUT2D eigenvalue weighted by Crippen LogP contribution is -2.47. The van der Waals surface area contributed by atoms with E-state index in [4.69, 9.17) is 5.73 Å². The third-order valence-electron chi connectivity index (χ3n) is 5.23. The highest BCUT2D eigenvalue weighted by molar-refractivity contribution is 6.05. The minimum Gasteiger partial charge on any atom is -0.368 e. The zero-order valence-corrected chi connectivity index (χ0v) is 14.2. The van der Waals surface area contributed by atoms with Gasteiger partial charge in [0.25, 0.3) is 0 Å². The van der Waals surface area contributed by atoms with Crippen LogP contribution < -0.4 is 10.6 Å². The summed E-state index contributed by atoms with van der Waals surface area (Å²) in [5, 5.41) is 0. The molecule has 2 aliphatic rings. The van der Waals surface area contributed by atoms with Gasteiger partial charge < -0.3 is 5.73 Å². The molecule has 1 aromatic rings. The van der Waals surface area contributed by atoms with Gasteiger partial charge in [-0.05, 0) is 36.8 Å². The summed E-state index contributed by atoms with van der Waals surface area (Å²) < 4.78 is 0. The lowest BCUT2D eigenvalue weighted by Gasteiger charge is -2.24. The first-order valence-corrected chi connectivity index (χ1v) is 8.10. The lowest BCUT2D eigenvalue weighted by atomic mass is 10.1. The molecule has 2 amide bonds. The van der Waals surface area contributed by atoms with Crippen LogP contribution in [0.25, 0.3) is 0 Å². The van der Waals surface area contributed by atoms with Crippen LogP contribution >= 0.6 is 0 Å². The summed E-state index contributed by atoms with van der Waals surface area (Å²) in [6.07, 6.45) is 2.68. The fraction of sp³-hybridized carbons (Fsp3) is 0.474. The fourth-order valence-electron chi connectivity index (χ4n) is 3.86. The van der Waals surface area contributed by atoms with Crippen molar-refractivity contribution in [1.29, 1.82) is 0 Å². The first-order chi connectivity index (χ1) is 10.7. The van der Waals surface area contributed by atoms with Gasteiger partial charge in [0.1, 0.15) is 6.04 Å². The van der Waals surface area contributed by atoms with Gasteiger partial charge in [0.2, 0.25) is 11.8 Å². The van der Waals surface area contributed by atoms with Crippen molar-refractivity contribution in [2.24, 2.45) is 23.0 Å². The molecule has 1 heterocycles. The second-order valence-corrected chi connectivity index (χ2v) is 7.53. The second kappa shape index (κ2) is 5.22. The Hall–Kier alpha value is -2.10. The van der Waals surface area contributed by atoms with E-state index in [9.17, 15) is 9.59 Å². The summed E-state index contributed by atoms with van der Waals surface area (Å²) >= 11 is 0. The molecule has 1 saturated carbocycles. The lowest BCUT2D eigenvalue weighted by molar-refractivity contribution is -0.125. The normalized spacial score (nSPS) is 27.3. The van der Waals surface area contributed by atoms with Crippen LogP contribution in [0.3, 0.4) is 0 Å². The van der Waals surface area contributed by atoms with E-state index in [-0.39, 0.29) is 23.2 Å². The number of hydrogen-bond donors (Lipinski definition) is 1. The predicted molar refractivity (Wildman–Crippen MR) is 90.8 cm³/mol. The van der Waals surface area contributed by atoms with Crippen molar-refractivity contribution >= 4 is 17.5 Å². The first kappa shape index (κ1) is 15.8. The molecule has 0 spiro atoms. The third-order valence-corrected chi connectivity index (χ3v) is 5.23. The topological polar surface area (TPSA) is 63.4 Å². The molecule has 0 bridgehead atoms. The summed E-state index contributed by atoms with van der Waals surface area (Å²) in [5.74, 6) is -0.287. The minimum absolute atomic E-state index is 0.0197. The van der Waals surface area contributed by atoms with E-state index in [1.807, 2.05) is 38.1 Å². The van der Waals surface area contributed by atoms with Crippen LogP contribution in [-0.2, 0) is 16.0 Å². The Morgan fingerprint density at radius 2 is 1.91 bits per heavy atom. The fourth-order valence-corrected chi connectivity index (χ4v) is 3.86. The van der Waals surface area contributed by atoms with E-state index >= 15 is 0 Å². The second-order valence-electron chi connectivity index (χ2n) is 7.53. The van der Waals surface area contributed by atoms with Gasteiger partial charge in [0, 0.05) is 12.1 Å². The molecule has 1 fully saturated rings. The molecular weight excluding hydrogens is 288 g/mol. The van der Waals surface area contributed by atoms with E-state index < -0.39 is 11.9 Å². The van der Waals surface area contributed by atoms with Crippen molar-refractivity contribution in [2.45, 2.75) is 40.2 Å². The smallest absolute Gasteiger partial charge is 0.240 e. The van der Waals surface area contributed by atoms with Crippen molar-refractivity contribution in [1.82, 2.24) is 0 Å². The van der Waals surface area contributed by atoms with Crippen LogP contribution in [0.4, 0.5) is 5.69 Å². The number of fused-ring (bicyclic) bond motifs is 1. The zero-order valence-electron chi connectivity index (χ0n) is 14.2. The standard InChI is InChI=1S/C19H24N2O2/c1-11(2)9-13-16(19(13,3)4)18(23)21-14-8-6-5-7-12(14)10-15(21)17(20)22/h5-9,13,15-16H,10H2,1-4H3,(H2,20,22)/t13-,15+,16+/m1/s1. The molecular formula is C19H24N2O2. The van der Waals surface area contributed by atoms with Crippen LogP contribution in [-0.4, -0.2) is 17.9 Å². The van der Waals surface area contributed by atoms with Crippen molar-refractivity contribution in [3.63, 3.8) is 0 Å². The van der Waals surface area contributed by atoms with Crippen LogP contribution in [0.15, 0.2) is 35.9 Å². The van der Waals surface area contributed by atoms with Crippen LogP contribution in [0.5, 0.6) is 0 Å². The Kier molecular flexibility index (Phi) is 3.58. The van der Waals surface area contributed by atoms with Gasteiger partial charge in [-0.3, -0.25) is 14.5 Å². The van der Waals surface area contributed by atoms with Gasteiger partial charge in [0.15, 0.2) is 0 Å². The van der Waals surface area contributed by atoms with Gasteiger partial charge in [-0.1, -0.05) is 43.7 Å². The number of rotatable bonds is 3. The van der Waals surface area contributed by atoms with Crippen LogP contribution in [0.1, 0.15) is 33.3 Å². The number of carbonyl (C=O) groups excluding carboxylic acids is 2. The van der Waals surface area contributed by atoms with Crippen molar-refractivity contribution < 1.29 is 9.59 Å². The van der Waals surface area contributed by atoms with Crippen LogP contribution in [0.2, 0.25) is 0 Å². The number of para-hydroxylation sites is 1. The molecule has 4 nitrogen and oxygen atoms in total. The van der Waals surface area contributed by atoms with Crippen molar-refractivity contribution in [3.8, 4) is 0 Å². The number of amides is 2. The SMILES string of the molecule is CC(C)=C[C@@H]1[C@@H](C(=O)N2c3ccccc3C[C@H]2C(N)=O)C1(C)C. The molecule has 1 aromatic carbocycles. The maximum absolute atomic E-state index is 13.2. The Morgan fingerprint density at radius 1 is 1.26 bits per heavy atom. The Balaban J connectivity index is 1.95. The average Bonchev–Trinajstić information content (AvgIpc) is 2.83. The van der Waals surface area contributed by atoms with Gasteiger partial charge in [-0.25, -0.2) is 0 Å². The Labute approximate surface area is 137 Å². The summed E-state index contributed by atoms with van der Waals surface area (Å²) in [6.45, 7) is 8.32. The quantitative estimate of drug-likeness (QED) is 0.872. The highest BCUT2D eigenvalue weighted by atomic mass is 16.2. The molecule has 0 radical (unpaired) electrons. The average molecular weight is 312 g/mol. The molecule has 0 unspecified atom stereocenters. The van der Waals surface area contributed by atoms with Crippen molar-refractivity contribution in [2.75, 3.05) is 4.90 Å². The van der Waals surface area contributed by atoms with E-state index in [1.54, 1.807) is 4.90 Å². The summed E-state index contributed by atoms with van der Waals surface area (Å²) in [6, 6.07) is 7.13. The molecule has 1 aliphatic heterocycles. The van der Waals surface area contributed by atoms with Gasteiger partial charge >= 0.3 is 0 Å². The predicted octanol–water partition coefficient (Wildman–Crippen LogP) is 2.67. The van der Waals surface area contributed by atoms with Gasteiger partial charge in [0.05, 0.1) is 5.92 Å². The molecule has 0 saturated heterocycles. The molecule has 4 heteroatoms. The summed E-state index contributed by atoms with van der Waals surface area (Å²) in [4.78, 5) is 26.7. The van der Waals surface area contributed by atoms with Crippen molar-refractivity contribution in [3.05, 3.63) is 41.5 Å². The Morgan fingerprint density at radius 3 is 2.52 bits per heavy atom. The molecule has 3 atom stereocenters. The van der Waals surface area contributed by atoms with Gasteiger partial charge in [-0.15, -0.1) is 0 Å². The molecule has 3 rings (SSSR count). The van der Waals surface area contributed by atoms with Gasteiger partial charge in [-0.2, -0.15) is 0 Å². The number of nitrogens with two attached hydrogens (primary N) is 1. The molecule has 1 aliphatic carbocycles. The monoisotopic (exact) mass is 312 g/mol. The number of carbonyl (C=O) groups is 2. The number of allylic oxidation sites excluding steroid dienone is 2. The zero-order chi connectivity index (χ0) is 16.9. The van der Waals surface area contributed by atoms with Crippen LogP contribution in [0, 0.1) is 17.3 Å². The number of hydrogen-bond acceptors (Lipinski definition) is 2. The summed E-state index contributed by atoms with van der Waals surface area (Å²) in [5.41, 5.74) is 8.55. The number of nitrogens with zero attached hydrogens (tertiary/aromatic N) is 1. The largest absolute Gasteiger partial charge is 0.368 e.